The van der Waals surface area contributed by atoms with Gasteiger partial charge in [0.25, 0.3) is 0 Å². The van der Waals surface area contributed by atoms with E-state index in [-0.39, 0.29) is 0 Å². The Hall–Kier alpha value is -2.12. The van der Waals surface area contributed by atoms with Crippen LogP contribution in [0.4, 0.5) is 0 Å². The summed E-state index contributed by atoms with van der Waals surface area (Å²) >= 11 is 0. The molecule has 0 heterocycles. The van der Waals surface area contributed by atoms with Gasteiger partial charge in [-0.05, 0) is 77.0 Å². The van der Waals surface area contributed by atoms with Crippen LogP contribution in [0.15, 0.2) is 85.0 Å². The van der Waals surface area contributed by atoms with E-state index >= 15 is 0 Å². The molecular weight excluding hydrogens is 542 g/mol. The van der Waals surface area contributed by atoms with Crippen molar-refractivity contribution >= 4 is 0 Å². The van der Waals surface area contributed by atoms with Crippen LogP contribution in [0, 0.1) is 0 Å². The normalized spacial score (nSPS) is 12.1. The zero-order valence-electron chi connectivity index (χ0n) is 29.9. The van der Waals surface area contributed by atoms with Gasteiger partial charge in [0, 0.05) is 11.1 Å². The topological polar surface area (TPSA) is 0 Å². The van der Waals surface area contributed by atoms with Gasteiger partial charge in [0.05, 0.1) is 13.1 Å². The number of hydrogen-bond acceptors (Lipinski definition) is 0. The van der Waals surface area contributed by atoms with Crippen molar-refractivity contribution < 1.29 is 4.48 Å². The first-order valence-electron chi connectivity index (χ1n) is 19.5. The molecule has 0 saturated carbocycles. The zero-order valence-corrected chi connectivity index (χ0v) is 29.9. The van der Waals surface area contributed by atoms with E-state index in [1.165, 1.54) is 170 Å². The molecule has 0 fully saturated rings. The second kappa shape index (κ2) is 28.1. The van der Waals surface area contributed by atoms with Crippen LogP contribution in [-0.2, 0) is 13.1 Å². The Kier molecular flexibility index (Phi) is 24.4. The molecule has 2 aromatic carbocycles. The standard InChI is InChI=1S/C44H72N/c1-3-5-7-9-11-13-15-17-19-21-23-25-33-39-45(41-43-35-29-27-30-36-43,42-44-37-31-28-32-38-44)40-34-26-24-22-20-18-16-14-12-10-8-6-4-2/h13-16,27-32,35-38H,3-12,17-26,33-34,39-42H2,1-2H3/q+1/b15-13+,16-14+. The van der Waals surface area contributed by atoms with Crippen molar-refractivity contribution in [1.29, 1.82) is 0 Å². The highest BCUT2D eigenvalue weighted by Crippen LogP contribution is 2.24. The minimum absolute atomic E-state index is 1.15. The van der Waals surface area contributed by atoms with E-state index < -0.39 is 0 Å². The molecule has 2 aromatic rings. The monoisotopic (exact) mass is 615 g/mol. The van der Waals surface area contributed by atoms with Crippen LogP contribution < -0.4 is 0 Å². The third kappa shape index (κ3) is 21.3. The highest BCUT2D eigenvalue weighted by molar-refractivity contribution is 5.15. The van der Waals surface area contributed by atoms with Crippen molar-refractivity contribution in [2.24, 2.45) is 0 Å². The van der Waals surface area contributed by atoms with Gasteiger partial charge in [0.15, 0.2) is 0 Å². The fourth-order valence-corrected chi connectivity index (χ4v) is 6.75. The first kappa shape index (κ1) is 39.1. The van der Waals surface area contributed by atoms with Crippen molar-refractivity contribution in [3.63, 3.8) is 0 Å². The van der Waals surface area contributed by atoms with Gasteiger partial charge in [-0.1, -0.05) is 163 Å². The molecule has 0 unspecified atom stereocenters. The summed E-state index contributed by atoms with van der Waals surface area (Å²) in [5, 5.41) is 0. The van der Waals surface area contributed by atoms with E-state index in [1.807, 2.05) is 0 Å². The molecule has 1 nitrogen and oxygen atoms in total. The summed E-state index contributed by atoms with van der Waals surface area (Å²) in [6, 6.07) is 22.7. The van der Waals surface area contributed by atoms with Gasteiger partial charge in [0.1, 0.15) is 13.1 Å². The fraction of sp³-hybridized carbons (Fsp3) is 0.636. The van der Waals surface area contributed by atoms with Crippen molar-refractivity contribution in [1.82, 2.24) is 0 Å². The summed E-state index contributed by atoms with van der Waals surface area (Å²) in [6.45, 7) is 9.49. The molecule has 0 N–H and O–H groups in total. The smallest absolute Gasteiger partial charge is 0.105 e. The van der Waals surface area contributed by atoms with Gasteiger partial charge in [0.2, 0.25) is 0 Å². The number of nitrogens with zero attached hydrogens (tertiary/aromatic N) is 1. The molecule has 0 spiro atoms. The predicted molar refractivity (Wildman–Crippen MR) is 201 cm³/mol. The first-order chi connectivity index (χ1) is 22.3. The summed E-state index contributed by atoms with van der Waals surface area (Å²) in [5.41, 5.74) is 2.99. The lowest BCUT2D eigenvalue weighted by Gasteiger charge is -2.39. The van der Waals surface area contributed by atoms with Crippen LogP contribution in [0.2, 0.25) is 0 Å². The third-order valence-electron chi connectivity index (χ3n) is 9.51. The molecule has 0 bridgehead atoms. The van der Waals surface area contributed by atoms with Crippen molar-refractivity contribution in [2.75, 3.05) is 13.1 Å². The average Bonchev–Trinajstić information content (AvgIpc) is 3.06. The number of allylic oxidation sites excluding steroid dienone is 4. The van der Waals surface area contributed by atoms with E-state index in [1.54, 1.807) is 0 Å². The molecule has 0 aliphatic heterocycles. The lowest BCUT2D eigenvalue weighted by Crippen LogP contribution is -2.48. The summed E-state index contributed by atoms with van der Waals surface area (Å²) in [5.74, 6) is 0. The van der Waals surface area contributed by atoms with Crippen molar-refractivity contribution in [3.8, 4) is 0 Å². The molecule has 0 aromatic heterocycles. The molecule has 0 saturated heterocycles. The Labute approximate surface area is 281 Å². The maximum Gasteiger partial charge on any atom is 0.105 e. The summed E-state index contributed by atoms with van der Waals surface area (Å²) < 4.78 is 1.20. The van der Waals surface area contributed by atoms with Gasteiger partial charge in [-0.25, -0.2) is 0 Å². The van der Waals surface area contributed by atoms with E-state index in [9.17, 15) is 0 Å². The van der Waals surface area contributed by atoms with E-state index in [0.29, 0.717) is 0 Å². The third-order valence-corrected chi connectivity index (χ3v) is 9.51. The Bertz CT molecular complexity index is 864. The molecule has 252 valence electrons. The highest BCUT2D eigenvalue weighted by Gasteiger charge is 2.27. The SMILES string of the molecule is CCCCCC/C=C/CCCCCCC[N+](CCCCCCC/C=C/CCCCCC)(Cc1ccccc1)Cc1ccccc1. The van der Waals surface area contributed by atoms with Gasteiger partial charge in [-0.3, -0.25) is 0 Å². The molecule has 0 amide bonds. The molecule has 0 atom stereocenters. The molecule has 2 rings (SSSR count). The Morgan fingerprint density at radius 2 is 0.689 bits per heavy atom. The van der Waals surface area contributed by atoms with Crippen molar-refractivity contribution in [2.45, 2.75) is 168 Å². The second-order valence-electron chi connectivity index (χ2n) is 13.8. The second-order valence-corrected chi connectivity index (χ2v) is 13.8. The summed E-state index contributed by atoms with van der Waals surface area (Å²) in [6.07, 6.45) is 39.5. The summed E-state index contributed by atoms with van der Waals surface area (Å²) in [4.78, 5) is 0. The zero-order chi connectivity index (χ0) is 31.9. The van der Waals surface area contributed by atoms with Crippen molar-refractivity contribution in [3.05, 3.63) is 96.1 Å². The van der Waals surface area contributed by atoms with E-state index in [0.717, 1.165) is 13.1 Å². The van der Waals surface area contributed by atoms with Crippen LogP contribution in [0.5, 0.6) is 0 Å². The average molecular weight is 615 g/mol. The van der Waals surface area contributed by atoms with Crippen LogP contribution in [0.3, 0.4) is 0 Å². The Morgan fingerprint density at radius 1 is 0.378 bits per heavy atom. The largest absolute Gasteiger partial charge is 0.316 e. The molecule has 0 radical (unpaired) electrons. The predicted octanol–water partition coefficient (Wildman–Crippen LogP) is 13.9. The Balaban J connectivity index is 1.81. The number of quaternary nitrogens is 1. The van der Waals surface area contributed by atoms with E-state index in [4.69, 9.17) is 0 Å². The maximum atomic E-state index is 2.44. The number of unbranched alkanes of at least 4 members (excludes halogenated alkanes) is 18. The molecule has 45 heavy (non-hydrogen) atoms. The van der Waals surface area contributed by atoms with Gasteiger partial charge in [-0.2, -0.15) is 0 Å². The molecular formula is C44H72N+. The minimum Gasteiger partial charge on any atom is -0.316 e. The molecule has 0 aliphatic rings. The lowest BCUT2D eigenvalue weighted by molar-refractivity contribution is -0.954. The lowest BCUT2D eigenvalue weighted by atomic mass is 10.0. The van der Waals surface area contributed by atoms with Gasteiger partial charge in [-0.15, -0.1) is 0 Å². The molecule has 1 heteroatoms. The minimum atomic E-state index is 1.15. The van der Waals surface area contributed by atoms with Gasteiger partial charge >= 0.3 is 0 Å². The van der Waals surface area contributed by atoms with Crippen LogP contribution >= 0.6 is 0 Å². The first-order valence-corrected chi connectivity index (χ1v) is 19.5. The molecule has 0 aliphatic carbocycles. The Morgan fingerprint density at radius 3 is 1.04 bits per heavy atom. The number of hydrogen-bond donors (Lipinski definition) is 0. The van der Waals surface area contributed by atoms with Crippen LogP contribution in [-0.4, -0.2) is 17.6 Å². The summed E-state index contributed by atoms with van der Waals surface area (Å²) in [7, 11) is 0. The van der Waals surface area contributed by atoms with E-state index in [2.05, 4.69) is 98.8 Å². The van der Waals surface area contributed by atoms with Crippen LogP contribution in [0.25, 0.3) is 0 Å². The number of rotatable bonds is 30. The maximum absolute atomic E-state index is 2.44. The number of benzene rings is 2. The fourth-order valence-electron chi connectivity index (χ4n) is 6.75. The quantitative estimate of drug-likeness (QED) is 0.0466. The highest BCUT2D eigenvalue weighted by atomic mass is 15.3. The van der Waals surface area contributed by atoms with Gasteiger partial charge < -0.3 is 4.48 Å². The van der Waals surface area contributed by atoms with Crippen LogP contribution in [0.1, 0.15) is 166 Å².